The normalized spacial score (nSPS) is 10.7. The van der Waals surface area contributed by atoms with Crippen LogP contribution in [0.25, 0.3) is 0 Å². The Balaban J connectivity index is 3.08. The lowest BCUT2D eigenvalue weighted by Crippen LogP contribution is -2.07. The molecule has 0 aliphatic carbocycles. The van der Waals surface area contributed by atoms with Crippen molar-refractivity contribution in [1.29, 1.82) is 0 Å². The first-order chi connectivity index (χ1) is 6.54. The number of thioether (sulfide) groups is 1. The van der Waals surface area contributed by atoms with Gasteiger partial charge in [0.1, 0.15) is 0 Å². The van der Waals surface area contributed by atoms with E-state index in [-0.39, 0.29) is 11.9 Å². The summed E-state index contributed by atoms with van der Waals surface area (Å²) in [5, 5.41) is 0. The first kappa shape index (κ1) is 11.9. The van der Waals surface area contributed by atoms with Gasteiger partial charge in [-0.15, -0.1) is 11.8 Å². The summed E-state index contributed by atoms with van der Waals surface area (Å²) < 4.78 is 19.8. The molecule has 0 atom stereocenters. The number of hydrogen-bond donors (Lipinski definition) is 0. The van der Waals surface area contributed by atoms with Crippen LogP contribution < -0.4 is 4.74 Å². The third-order valence-corrected chi connectivity index (χ3v) is 2.75. The smallest absolute Gasteiger partial charge is 0.178 e. The first-order valence-electron chi connectivity index (χ1n) is 4.24. The van der Waals surface area contributed by atoms with Gasteiger partial charge in [0.15, 0.2) is 11.6 Å². The van der Waals surface area contributed by atoms with Crippen molar-refractivity contribution in [2.24, 2.45) is 0 Å². The summed E-state index contributed by atoms with van der Waals surface area (Å²) in [4.78, 5) is 0.593. The van der Waals surface area contributed by atoms with E-state index >= 15 is 0 Å². The first-order valence-corrected chi connectivity index (χ1v) is 6.26. The fraction of sp³-hybridized carbons (Fsp3) is 0.400. The Hall–Kier alpha value is -0.220. The molecule has 78 valence electrons. The van der Waals surface area contributed by atoms with Gasteiger partial charge < -0.3 is 4.74 Å². The van der Waals surface area contributed by atoms with Crippen molar-refractivity contribution >= 4 is 27.7 Å². The Bertz CT molecular complexity index is 328. The minimum Gasteiger partial charge on any atom is -0.488 e. The van der Waals surface area contributed by atoms with Crippen LogP contribution in [0.1, 0.15) is 13.8 Å². The topological polar surface area (TPSA) is 9.23 Å². The minimum absolute atomic E-state index is 0.0199. The van der Waals surface area contributed by atoms with Gasteiger partial charge in [0, 0.05) is 9.37 Å². The van der Waals surface area contributed by atoms with Gasteiger partial charge >= 0.3 is 0 Å². The van der Waals surface area contributed by atoms with Crippen molar-refractivity contribution in [3.63, 3.8) is 0 Å². The molecule has 0 saturated heterocycles. The van der Waals surface area contributed by atoms with Crippen molar-refractivity contribution < 1.29 is 9.13 Å². The van der Waals surface area contributed by atoms with Crippen molar-refractivity contribution in [3.05, 3.63) is 22.4 Å². The molecular formula is C10H12BrFOS. The predicted molar refractivity (Wildman–Crippen MR) is 61.6 cm³/mol. The van der Waals surface area contributed by atoms with E-state index in [1.807, 2.05) is 20.1 Å². The van der Waals surface area contributed by atoms with Gasteiger partial charge in [0.2, 0.25) is 0 Å². The van der Waals surface area contributed by atoms with Gasteiger partial charge in [0.25, 0.3) is 0 Å². The average Bonchev–Trinajstić information content (AvgIpc) is 2.09. The summed E-state index contributed by atoms with van der Waals surface area (Å²) in [6.07, 6.45) is 1.82. The molecule has 1 aromatic carbocycles. The van der Waals surface area contributed by atoms with E-state index in [1.54, 1.807) is 12.1 Å². The molecule has 0 bridgehead atoms. The molecule has 4 heteroatoms. The number of ether oxygens (including phenoxy) is 1. The highest BCUT2D eigenvalue weighted by Crippen LogP contribution is 2.31. The highest BCUT2D eigenvalue weighted by Gasteiger charge is 2.11. The van der Waals surface area contributed by atoms with Crippen molar-refractivity contribution in [2.45, 2.75) is 24.8 Å². The van der Waals surface area contributed by atoms with Crippen LogP contribution in [0.15, 0.2) is 21.5 Å². The third-order valence-electron chi connectivity index (χ3n) is 1.55. The maximum absolute atomic E-state index is 13.6. The fourth-order valence-corrected chi connectivity index (χ4v) is 2.14. The second-order valence-electron chi connectivity index (χ2n) is 3.09. The Labute approximate surface area is 96.2 Å². The van der Waals surface area contributed by atoms with Crippen LogP contribution in [-0.2, 0) is 0 Å². The lowest BCUT2D eigenvalue weighted by Gasteiger charge is -2.12. The molecule has 0 spiro atoms. The van der Waals surface area contributed by atoms with E-state index in [0.29, 0.717) is 10.6 Å². The zero-order valence-corrected chi connectivity index (χ0v) is 10.7. The predicted octanol–water partition coefficient (Wildman–Crippen LogP) is 4.10. The Morgan fingerprint density at radius 2 is 2.07 bits per heavy atom. The van der Waals surface area contributed by atoms with E-state index in [0.717, 1.165) is 4.47 Å². The van der Waals surface area contributed by atoms with Crippen molar-refractivity contribution in [3.8, 4) is 5.75 Å². The monoisotopic (exact) mass is 278 g/mol. The molecule has 0 amide bonds. The van der Waals surface area contributed by atoms with Crippen LogP contribution >= 0.6 is 27.7 Å². The van der Waals surface area contributed by atoms with Crippen molar-refractivity contribution in [2.75, 3.05) is 6.26 Å². The standard InChI is InChI=1S/C10H12BrFOS/c1-6(2)13-8-4-7(11)5-9(14-3)10(8)12/h4-6H,1-3H3. The van der Waals surface area contributed by atoms with Crippen LogP contribution in [0, 0.1) is 5.82 Å². The lowest BCUT2D eigenvalue weighted by atomic mass is 10.3. The molecule has 0 saturated carbocycles. The molecular weight excluding hydrogens is 267 g/mol. The molecule has 0 radical (unpaired) electrons. The van der Waals surface area contributed by atoms with Crippen LogP contribution in [0.5, 0.6) is 5.75 Å². The maximum Gasteiger partial charge on any atom is 0.178 e. The molecule has 0 aliphatic rings. The molecule has 0 aliphatic heterocycles. The van der Waals surface area contributed by atoms with Gasteiger partial charge in [-0.3, -0.25) is 0 Å². The summed E-state index contributed by atoms with van der Waals surface area (Å²) in [7, 11) is 0. The molecule has 0 heterocycles. The van der Waals surface area contributed by atoms with E-state index in [2.05, 4.69) is 15.9 Å². The van der Waals surface area contributed by atoms with E-state index < -0.39 is 0 Å². The summed E-state index contributed by atoms with van der Waals surface area (Å²) in [5.41, 5.74) is 0. The van der Waals surface area contributed by atoms with Crippen LogP contribution in [0.4, 0.5) is 4.39 Å². The molecule has 0 aromatic heterocycles. The average molecular weight is 279 g/mol. The lowest BCUT2D eigenvalue weighted by molar-refractivity contribution is 0.229. The molecule has 0 unspecified atom stereocenters. The molecule has 1 nitrogen and oxygen atoms in total. The summed E-state index contributed by atoms with van der Waals surface area (Å²) in [6, 6.07) is 3.39. The van der Waals surface area contributed by atoms with Gasteiger partial charge in [0.05, 0.1) is 6.10 Å². The Morgan fingerprint density at radius 3 is 2.57 bits per heavy atom. The van der Waals surface area contributed by atoms with Gasteiger partial charge in [-0.05, 0) is 32.2 Å². The Morgan fingerprint density at radius 1 is 1.43 bits per heavy atom. The molecule has 0 fully saturated rings. The number of rotatable bonds is 3. The fourth-order valence-electron chi connectivity index (χ4n) is 1.03. The van der Waals surface area contributed by atoms with Crippen LogP contribution in [-0.4, -0.2) is 12.4 Å². The second kappa shape index (κ2) is 5.03. The number of hydrogen-bond acceptors (Lipinski definition) is 2. The highest BCUT2D eigenvalue weighted by atomic mass is 79.9. The zero-order valence-electron chi connectivity index (χ0n) is 8.30. The SMILES string of the molecule is CSc1cc(Br)cc(OC(C)C)c1F. The van der Waals surface area contributed by atoms with Crippen LogP contribution in [0.3, 0.4) is 0 Å². The summed E-state index contributed by atoms with van der Waals surface area (Å²) >= 11 is 4.68. The Kier molecular flexibility index (Phi) is 4.26. The van der Waals surface area contributed by atoms with E-state index in [9.17, 15) is 4.39 Å². The molecule has 14 heavy (non-hydrogen) atoms. The van der Waals surface area contributed by atoms with Gasteiger partial charge in [-0.25, -0.2) is 4.39 Å². The molecule has 1 aromatic rings. The molecule has 1 rings (SSSR count). The maximum atomic E-state index is 13.6. The van der Waals surface area contributed by atoms with E-state index in [4.69, 9.17) is 4.74 Å². The van der Waals surface area contributed by atoms with Gasteiger partial charge in [-0.2, -0.15) is 0 Å². The minimum atomic E-state index is -0.283. The van der Waals surface area contributed by atoms with E-state index in [1.165, 1.54) is 11.8 Å². The second-order valence-corrected chi connectivity index (χ2v) is 4.85. The highest BCUT2D eigenvalue weighted by molar-refractivity contribution is 9.10. The zero-order chi connectivity index (χ0) is 10.7. The third kappa shape index (κ3) is 2.89. The van der Waals surface area contributed by atoms with Crippen LogP contribution in [0.2, 0.25) is 0 Å². The number of benzene rings is 1. The number of halogens is 2. The quantitative estimate of drug-likeness (QED) is 0.770. The van der Waals surface area contributed by atoms with Gasteiger partial charge in [-0.1, -0.05) is 15.9 Å². The molecule has 0 N–H and O–H groups in total. The van der Waals surface area contributed by atoms with Crippen molar-refractivity contribution in [1.82, 2.24) is 0 Å². The largest absolute Gasteiger partial charge is 0.488 e. The summed E-state index contributed by atoms with van der Waals surface area (Å²) in [5.74, 6) is 0.0214. The summed E-state index contributed by atoms with van der Waals surface area (Å²) in [6.45, 7) is 3.75.